The van der Waals surface area contributed by atoms with Crippen molar-refractivity contribution >= 4 is 0 Å². The van der Waals surface area contributed by atoms with Crippen LogP contribution in [0.4, 0.5) is 0 Å². The van der Waals surface area contributed by atoms with E-state index in [4.69, 9.17) is 0 Å². The molecule has 0 amide bonds. The van der Waals surface area contributed by atoms with Crippen LogP contribution in [0.5, 0.6) is 0 Å². The summed E-state index contributed by atoms with van der Waals surface area (Å²) in [6.07, 6.45) is 2.14. The molecule has 1 heterocycles. The smallest absolute Gasteiger partial charge is 0.105 e. The highest BCUT2D eigenvalue weighted by Crippen LogP contribution is 2.29. The zero-order valence-corrected chi connectivity index (χ0v) is 8.68. The molecule has 1 aliphatic heterocycles. The Balaban J connectivity index is 2.91. The number of hydrogen-bond acceptors (Lipinski definition) is 2. The van der Waals surface area contributed by atoms with E-state index in [0.717, 1.165) is 5.82 Å². The molecular weight excluding hydrogens is 148 g/mol. The van der Waals surface area contributed by atoms with Gasteiger partial charge in [-0.2, -0.15) is 0 Å². The third-order valence-corrected chi connectivity index (χ3v) is 2.23. The first-order chi connectivity index (χ1) is 5.34. The molecular formula is C10H18N2. The predicted molar refractivity (Wildman–Crippen MR) is 52.3 cm³/mol. The first-order valence-electron chi connectivity index (χ1n) is 4.24. The van der Waals surface area contributed by atoms with Crippen molar-refractivity contribution in [1.29, 1.82) is 0 Å². The minimum atomic E-state index is 0.128. The van der Waals surface area contributed by atoms with Crippen molar-refractivity contribution < 1.29 is 0 Å². The maximum absolute atomic E-state index is 4.03. The Bertz CT molecular complexity index is 233. The van der Waals surface area contributed by atoms with Crippen LogP contribution in [0.1, 0.15) is 27.7 Å². The summed E-state index contributed by atoms with van der Waals surface area (Å²) in [6, 6.07) is 0. The van der Waals surface area contributed by atoms with Gasteiger partial charge in [0.15, 0.2) is 0 Å². The van der Waals surface area contributed by atoms with E-state index in [1.165, 1.54) is 5.70 Å². The molecule has 0 saturated carbocycles. The summed E-state index contributed by atoms with van der Waals surface area (Å²) in [7, 11) is 2.04. The first kappa shape index (κ1) is 9.17. The lowest BCUT2D eigenvalue weighted by atomic mass is 10.1. The maximum Gasteiger partial charge on any atom is 0.105 e. The SMILES string of the molecule is C=C1N(C)C(C)=CN1C(C)(C)C. The number of allylic oxidation sites excluding steroid dienone is 1. The molecule has 2 heteroatoms. The zero-order chi connectivity index (χ0) is 9.52. The van der Waals surface area contributed by atoms with E-state index in [2.05, 4.69) is 50.3 Å². The van der Waals surface area contributed by atoms with Gasteiger partial charge in [-0.1, -0.05) is 6.58 Å². The lowest BCUT2D eigenvalue weighted by Gasteiger charge is -2.33. The molecule has 0 fully saturated rings. The molecule has 0 aromatic rings. The zero-order valence-electron chi connectivity index (χ0n) is 8.68. The van der Waals surface area contributed by atoms with Crippen molar-refractivity contribution in [2.75, 3.05) is 7.05 Å². The second-order valence-corrected chi connectivity index (χ2v) is 4.29. The number of nitrogens with zero attached hydrogens (tertiary/aromatic N) is 2. The Morgan fingerprint density at radius 2 is 1.83 bits per heavy atom. The van der Waals surface area contributed by atoms with Crippen molar-refractivity contribution in [3.8, 4) is 0 Å². The van der Waals surface area contributed by atoms with Gasteiger partial charge in [0.1, 0.15) is 5.82 Å². The van der Waals surface area contributed by atoms with Gasteiger partial charge in [-0.15, -0.1) is 0 Å². The fourth-order valence-corrected chi connectivity index (χ4v) is 1.29. The van der Waals surface area contributed by atoms with E-state index < -0.39 is 0 Å². The molecule has 68 valence electrons. The van der Waals surface area contributed by atoms with Crippen molar-refractivity contribution in [2.24, 2.45) is 0 Å². The topological polar surface area (TPSA) is 6.48 Å². The van der Waals surface area contributed by atoms with Gasteiger partial charge in [-0.05, 0) is 27.7 Å². The van der Waals surface area contributed by atoms with Crippen LogP contribution in [0.2, 0.25) is 0 Å². The second kappa shape index (κ2) is 2.54. The van der Waals surface area contributed by atoms with Gasteiger partial charge >= 0.3 is 0 Å². The Hall–Kier alpha value is -0.920. The molecule has 0 aromatic carbocycles. The summed E-state index contributed by atoms with van der Waals surface area (Å²) >= 11 is 0. The van der Waals surface area contributed by atoms with Crippen LogP contribution in [0.15, 0.2) is 24.3 Å². The van der Waals surface area contributed by atoms with Crippen molar-refractivity contribution in [3.05, 3.63) is 24.3 Å². The summed E-state index contributed by atoms with van der Waals surface area (Å²) in [5.74, 6) is 1.06. The average molecular weight is 166 g/mol. The fourth-order valence-electron chi connectivity index (χ4n) is 1.29. The average Bonchev–Trinajstić information content (AvgIpc) is 2.15. The quantitative estimate of drug-likeness (QED) is 0.545. The van der Waals surface area contributed by atoms with Crippen molar-refractivity contribution in [2.45, 2.75) is 33.2 Å². The van der Waals surface area contributed by atoms with Crippen LogP contribution in [-0.4, -0.2) is 22.4 Å². The summed E-state index contributed by atoms with van der Waals surface area (Å²) in [5.41, 5.74) is 1.37. The number of rotatable bonds is 0. The van der Waals surface area contributed by atoms with Gasteiger partial charge in [0, 0.05) is 24.5 Å². The van der Waals surface area contributed by atoms with Gasteiger partial charge in [0.25, 0.3) is 0 Å². The Morgan fingerprint density at radius 1 is 1.33 bits per heavy atom. The molecule has 0 unspecified atom stereocenters. The van der Waals surface area contributed by atoms with Crippen molar-refractivity contribution in [3.63, 3.8) is 0 Å². The molecule has 0 spiro atoms. The standard InChI is InChI=1S/C10H18N2/c1-8-7-12(10(3,4)5)9(2)11(8)6/h7H,2H2,1,3-6H3. The van der Waals surface area contributed by atoms with E-state index in [1.54, 1.807) is 0 Å². The van der Waals surface area contributed by atoms with Crippen LogP contribution >= 0.6 is 0 Å². The van der Waals surface area contributed by atoms with E-state index in [0.29, 0.717) is 0 Å². The van der Waals surface area contributed by atoms with Crippen LogP contribution in [0.3, 0.4) is 0 Å². The highest BCUT2D eigenvalue weighted by Gasteiger charge is 2.28. The largest absolute Gasteiger partial charge is 0.334 e. The Morgan fingerprint density at radius 3 is 2.00 bits per heavy atom. The highest BCUT2D eigenvalue weighted by atomic mass is 15.4. The molecule has 1 rings (SSSR count). The molecule has 0 atom stereocenters. The van der Waals surface area contributed by atoms with Crippen LogP contribution < -0.4 is 0 Å². The molecule has 0 aliphatic carbocycles. The van der Waals surface area contributed by atoms with E-state index in [1.807, 2.05) is 7.05 Å². The highest BCUT2D eigenvalue weighted by molar-refractivity contribution is 5.19. The minimum Gasteiger partial charge on any atom is -0.334 e. The summed E-state index contributed by atoms with van der Waals surface area (Å²) in [6.45, 7) is 12.7. The summed E-state index contributed by atoms with van der Waals surface area (Å²) < 4.78 is 0. The molecule has 12 heavy (non-hydrogen) atoms. The second-order valence-electron chi connectivity index (χ2n) is 4.29. The molecule has 0 radical (unpaired) electrons. The van der Waals surface area contributed by atoms with E-state index in [-0.39, 0.29) is 5.54 Å². The molecule has 0 N–H and O–H groups in total. The van der Waals surface area contributed by atoms with Crippen LogP contribution in [0.25, 0.3) is 0 Å². The Kier molecular flexibility index (Phi) is 1.94. The summed E-state index contributed by atoms with van der Waals surface area (Å²) in [5, 5.41) is 0. The molecule has 2 nitrogen and oxygen atoms in total. The third-order valence-electron chi connectivity index (χ3n) is 2.23. The summed E-state index contributed by atoms with van der Waals surface area (Å²) in [4.78, 5) is 4.30. The normalized spacial score (nSPS) is 18.8. The molecule has 1 aliphatic rings. The van der Waals surface area contributed by atoms with E-state index in [9.17, 15) is 0 Å². The Labute approximate surface area is 75.2 Å². The van der Waals surface area contributed by atoms with Gasteiger partial charge in [-0.25, -0.2) is 0 Å². The minimum absolute atomic E-state index is 0.128. The number of hydrogen-bond donors (Lipinski definition) is 0. The lowest BCUT2D eigenvalue weighted by Crippen LogP contribution is -2.36. The van der Waals surface area contributed by atoms with E-state index >= 15 is 0 Å². The van der Waals surface area contributed by atoms with Gasteiger partial charge in [-0.3, -0.25) is 0 Å². The van der Waals surface area contributed by atoms with Crippen molar-refractivity contribution in [1.82, 2.24) is 9.80 Å². The molecule has 0 bridgehead atoms. The van der Waals surface area contributed by atoms with Gasteiger partial charge in [0.05, 0.1) is 0 Å². The first-order valence-corrected chi connectivity index (χ1v) is 4.24. The lowest BCUT2D eigenvalue weighted by molar-refractivity contribution is 0.236. The predicted octanol–water partition coefficient (Wildman–Crippen LogP) is 2.36. The maximum atomic E-state index is 4.03. The molecule has 0 aromatic heterocycles. The fraction of sp³-hybridized carbons (Fsp3) is 0.600. The third kappa shape index (κ3) is 1.33. The molecule has 0 saturated heterocycles. The van der Waals surface area contributed by atoms with Gasteiger partial charge < -0.3 is 9.80 Å². The van der Waals surface area contributed by atoms with Crippen LogP contribution in [0, 0.1) is 0 Å². The van der Waals surface area contributed by atoms with Crippen LogP contribution in [-0.2, 0) is 0 Å². The monoisotopic (exact) mass is 166 g/mol. The van der Waals surface area contributed by atoms with Gasteiger partial charge in [0.2, 0.25) is 0 Å².